The molecule has 0 saturated carbocycles. The highest BCUT2D eigenvalue weighted by Crippen LogP contribution is 2.36. The molecule has 0 saturated heterocycles. The van der Waals surface area contributed by atoms with Gasteiger partial charge in [0.2, 0.25) is 11.7 Å². The van der Waals surface area contributed by atoms with Crippen LogP contribution in [0, 0.1) is 13.3 Å². The second-order valence-corrected chi connectivity index (χ2v) is 13.4. The zero-order valence-electron chi connectivity index (χ0n) is 29.2. The molecular formula is C46H31N7O. The maximum Gasteiger partial charge on any atom is 0.269 e. The number of hydrogen-bond donors (Lipinski definition) is 0. The van der Waals surface area contributed by atoms with E-state index in [4.69, 9.17) is 14.7 Å². The number of imidazole rings is 4. The third-order valence-electron chi connectivity index (χ3n) is 10.1. The second-order valence-electron chi connectivity index (χ2n) is 13.4. The van der Waals surface area contributed by atoms with Crippen LogP contribution < -0.4 is 9.30 Å². The zero-order chi connectivity index (χ0) is 35.8. The molecule has 256 valence electrons. The van der Waals surface area contributed by atoms with Gasteiger partial charge in [0, 0.05) is 11.8 Å². The van der Waals surface area contributed by atoms with Crippen molar-refractivity contribution in [3.8, 4) is 34.5 Å². The summed E-state index contributed by atoms with van der Waals surface area (Å²) in [6, 6.07) is 58.0. The fraction of sp³-hybridized carbons (Fsp3) is 0.0217. The lowest BCUT2D eigenvalue weighted by molar-refractivity contribution is -0.572. The summed E-state index contributed by atoms with van der Waals surface area (Å²) in [5.41, 5.74) is 12.1. The van der Waals surface area contributed by atoms with Crippen molar-refractivity contribution in [2.24, 2.45) is 0 Å². The summed E-state index contributed by atoms with van der Waals surface area (Å²) in [6.45, 7) is 2.11. The fourth-order valence-electron chi connectivity index (χ4n) is 7.69. The molecule has 0 unspecified atom stereocenters. The number of para-hydroxylation sites is 7. The molecule has 54 heavy (non-hydrogen) atoms. The number of nitrogens with zero attached hydrogens (tertiary/aromatic N) is 7. The summed E-state index contributed by atoms with van der Waals surface area (Å²) in [5.74, 6) is 2.94. The molecule has 7 aromatic carbocycles. The Balaban J connectivity index is 1.09. The average Bonchev–Trinajstić information content (AvgIpc) is 3.98. The van der Waals surface area contributed by atoms with E-state index < -0.39 is 0 Å². The molecule has 8 nitrogen and oxygen atoms in total. The molecule has 8 heteroatoms. The van der Waals surface area contributed by atoms with Crippen LogP contribution in [-0.2, 0) is 0 Å². The molecule has 4 heterocycles. The fourth-order valence-corrected chi connectivity index (χ4v) is 7.69. The normalized spacial score (nSPS) is 11.8. The van der Waals surface area contributed by atoms with E-state index >= 15 is 0 Å². The Kier molecular flexibility index (Phi) is 6.60. The maximum atomic E-state index is 6.69. The van der Waals surface area contributed by atoms with Gasteiger partial charge in [0.25, 0.3) is 6.33 Å². The van der Waals surface area contributed by atoms with Crippen LogP contribution in [0.5, 0.6) is 11.5 Å². The van der Waals surface area contributed by atoms with Gasteiger partial charge in [0.05, 0.1) is 55.5 Å². The number of hydrogen-bond acceptors (Lipinski definition) is 3. The first-order chi connectivity index (χ1) is 26.7. The van der Waals surface area contributed by atoms with E-state index in [2.05, 4.69) is 157 Å². The Bertz CT molecular complexity index is 3210. The van der Waals surface area contributed by atoms with E-state index in [-0.39, 0.29) is 0 Å². The predicted octanol–water partition coefficient (Wildman–Crippen LogP) is 9.89. The highest BCUT2D eigenvalue weighted by molar-refractivity contribution is 5.94. The van der Waals surface area contributed by atoms with Crippen LogP contribution >= 0.6 is 0 Å². The van der Waals surface area contributed by atoms with Gasteiger partial charge < -0.3 is 4.74 Å². The van der Waals surface area contributed by atoms with Crippen LogP contribution in [0.4, 0.5) is 0 Å². The number of rotatable bonds is 6. The van der Waals surface area contributed by atoms with Gasteiger partial charge in [-0.2, -0.15) is 0 Å². The first kappa shape index (κ1) is 30.2. The number of aryl methyl sites for hydroxylation is 1. The number of ether oxygens (including phenoxy) is 1. The summed E-state index contributed by atoms with van der Waals surface area (Å²) >= 11 is 0. The standard InChI is InChI=1S/C46H31N7O/c1-31-14-12-25-42-44(31)48-46-52(42)41-27-26-36(29-43(41)53(46)45-47-37-21-8-9-22-38(37)51(45)33-17-6-3-7-18-33)54-35-20-13-19-34(28-35)50-30-49(32-15-4-2-5-16-32)39-23-10-11-24-40(39)50/h2-29H,1H3. The van der Waals surface area contributed by atoms with Crippen molar-refractivity contribution in [1.29, 1.82) is 0 Å². The molecule has 0 aliphatic heterocycles. The van der Waals surface area contributed by atoms with Gasteiger partial charge in [-0.25, -0.2) is 14.5 Å². The summed E-state index contributed by atoms with van der Waals surface area (Å²) in [4.78, 5) is 10.5. The van der Waals surface area contributed by atoms with Crippen LogP contribution in [0.1, 0.15) is 5.56 Å². The molecular weight excluding hydrogens is 667 g/mol. The number of aromatic nitrogens is 7. The lowest BCUT2D eigenvalue weighted by Crippen LogP contribution is -2.29. The molecule has 0 aliphatic rings. The van der Waals surface area contributed by atoms with E-state index in [0.717, 1.165) is 78.5 Å². The molecule has 4 aromatic heterocycles. The SMILES string of the molecule is Cc1cccc2c1nc1n(-c3nc4ccccc4n3-c3ccccc3)c3cc(Oc4cccc(-n5[c-][n+](-c6ccccc6)c6ccccc65)c4)ccc3n21. The van der Waals surface area contributed by atoms with Gasteiger partial charge in [-0.15, -0.1) is 0 Å². The quantitative estimate of drug-likeness (QED) is 0.128. The zero-order valence-corrected chi connectivity index (χ0v) is 29.2. The van der Waals surface area contributed by atoms with Crippen molar-refractivity contribution < 1.29 is 9.30 Å². The van der Waals surface area contributed by atoms with Gasteiger partial charge in [-0.1, -0.05) is 91.0 Å². The number of fused-ring (bicyclic) bond motifs is 7. The first-order valence-corrected chi connectivity index (χ1v) is 17.9. The van der Waals surface area contributed by atoms with E-state index in [9.17, 15) is 0 Å². The molecule has 0 radical (unpaired) electrons. The Morgan fingerprint density at radius 3 is 2.11 bits per heavy atom. The monoisotopic (exact) mass is 697 g/mol. The van der Waals surface area contributed by atoms with Crippen LogP contribution in [0.3, 0.4) is 0 Å². The van der Waals surface area contributed by atoms with Crippen molar-refractivity contribution in [3.05, 3.63) is 182 Å². The molecule has 0 amide bonds. The van der Waals surface area contributed by atoms with E-state index in [1.807, 2.05) is 48.5 Å². The largest absolute Gasteiger partial charge is 0.458 e. The summed E-state index contributed by atoms with van der Waals surface area (Å²) in [5, 5.41) is 0. The van der Waals surface area contributed by atoms with Crippen molar-refractivity contribution in [2.75, 3.05) is 0 Å². The Hall–Kier alpha value is -7.45. The van der Waals surface area contributed by atoms with Crippen LogP contribution in [-0.4, -0.2) is 28.1 Å². The van der Waals surface area contributed by atoms with Gasteiger partial charge in [0.15, 0.2) is 0 Å². The molecule has 0 atom stereocenters. The topological polar surface area (TPSA) is 58.1 Å². The van der Waals surface area contributed by atoms with Crippen LogP contribution in [0.25, 0.3) is 72.9 Å². The second kappa shape index (κ2) is 11.8. The Morgan fingerprint density at radius 1 is 0.537 bits per heavy atom. The predicted molar refractivity (Wildman–Crippen MR) is 213 cm³/mol. The minimum Gasteiger partial charge on any atom is -0.458 e. The lowest BCUT2D eigenvalue weighted by atomic mass is 10.2. The van der Waals surface area contributed by atoms with E-state index in [1.54, 1.807) is 0 Å². The first-order valence-electron chi connectivity index (χ1n) is 17.9. The van der Waals surface area contributed by atoms with Crippen molar-refractivity contribution in [2.45, 2.75) is 6.92 Å². The minimum atomic E-state index is 0.699. The third kappa shape index (κ3) is 4.60. The van der Waals surface area contributed by atoms with Crippen molar-refractivity contribution >= 4 is 49.9 Å². The van der Waals surface area contributed by atoms with Gasteiger partial charge >= 0.3 is 0 Å². The van der Waals surface area contributed by atoms with Gasteiger partial charge in [-0.05, 0) is 85.3 Å². The van der Waals surface area contributed by atoms with Gasteiger partial charge in [-0.3, -0.25) is 18.1 Å². The van der Waals surface area contributed by atoms with Crippen molar-refractivity contribution in [3.63, 3.8) is 0 Å². The minimum absolute atomic E-state index is 0.699. The van der Waals surface area contributed by atoms with Crippen LogP contribution in [0.15, 0.2) is 170 Å². The molecule has 11 rings (SSSR count). The van der Waals surface area contributed by atoms with Crippen molar-refractivity contribution in [1.82, 2.24) is 28.1 Å². The molecule has 11 aromatic rings. The maximum absolute atomic E-state index is 6.69. The molecule has 0 aliphatic carbocycles. The molecule has 0 fully saturated rings. The Morgan fingerprint density at radius 2 is 1.24 bits per heavy atom. The highest BCUT2D eigenvalue weighted by Gasteiger charge is 2.24. The summed E-state index contributed by atoms with van der Waals surface area (Å²) in [7, 11) is 0. The smallest absolute Gasteiger partial charge is 0.269 e. The third-order valence-corrected chi connectivity index (χ3v) is 10.1. The van der Waals surface area contributed by atoms with E-state index in [0.29, 0.717) is 11.5 Å². The summed E-state index contributed by atoms with van der Waals surface area (Å²) < 4.78 is 17.5. The van der Waals surface area contributed by atoms with E-state index in [1.165, 1.54) is 0 Å². The number of benzene rings is 7. The summed E-state index contributed by atoms with van der Waals surface area (Å²) in [6.07, 6.45) is 3.58. The average molecular weight is 698 g/mol. The lowest BCUT2D eigenvalue weighted by Gasteiger charge is -2.12. The molecule has 0 spiro atoms. The van der Waals surface area contributed by atoms with Gasteiger partial charge in [0.1, 0.15) is 11.5 Å². The van der Waals surface area contributed by atoms with Crippen LogP contribution in [0.2, 0.25) is 0 Å². The highest BCUT2D eigenvalue weighted by atomic mass is 16.5. The molecule has 0 bridgehead atoms. The Labute approximate surface area is 309 Å². The molecule has 0 N–H and O–H groups in total.